The normalized spacial score (nSPS) is 14.6. The molecule has 2 aromatic carbocycles. The monoisotopic (exact) mass is 460 g/mol. The SMILES string of the molecule is COc1ccc(CCCNS(=O)(=O)c2ccc(OC)c(C(=O)N3CCCCCC3)c2)cc1. The molecule has 0 atom stereocenters. The van der Waals surface area contributed by atoms with Crippen molar-refractivity contribution in [1.82, 2.24) is 9.62 Å². The van der Waals surface area contributed by atoms with Crippen molar-refractivity contribution in [2.24, 2.45) is 0 Å². The molecule has 174 valence electrons. The number of nitrogens with zero attached hydrogens (tertiary/aromatic N) is 1. The molecular weight excluding hydrogens is 428 g/mol. The quantitative estimate of drug-likeness (QED) is 0.578. The maximum atomic E-state index is 13.1. The summed E-state index contributed by atoms with van der Waals surface area (Å²) in [5.41, 5.74) is 1.40. The maximum absolute atomic E-state index is 13.1. The van der Waals surface area contributed by atoms with E-state index in [0.717, 1.165) is 43.4 Å². The lowest BCUT2D eigenvalue weighted by atomic mass is 10.1. The highest BCUT2D eigenvalue weighted by Crippen LogP contribution is 2.25. The van der Waals surface area contributed by atoms with Crippen LogP contribution in [0.3, 0.4) is 0 Å². The minimum absolute atomic E-state index is 0.0703. The molecule has 0 spiro atoms. The van der Waals surface area contributed by atoms with Gasteiger partial charge in [0, 0.05) is 19.6 Å². The summed E-state index contributed by atoms with van der Waals surface area (Å²) in [6.07, 6.45) is 5.53. The van der Waals surface area contributed by atoms with Gasteiger partial charge in [0.05, 0.1) is 24.7 Å². The van der Waals surface area contributed by atoms with Gasteiger partial charge >= 0.3 is 0 Å². The lowest BCUT2D eigenvalue weighted by molar-refractivity contribution is 0.0758. The van der Waals surface area contributed by atoms with E-state index in [1.165, 1.54) is 19.2 Å². The Kier molecular flexibility index (Phi) is 8.53. The second-order valence-corrected chi connectivity index (χ2v) is 9.68. The van der Waals surface area contributed by atoms with Crippen LogP contribution in [0.2, 0.25) is 0 Å². The average Bonchev–Trinajstić information content (AvgIpc) is 3.11. The third-order valence-electron chi connectivity index (χ3n) is 5.70. The summed E-state index contributed by atoms with van der Waals surface area (Å²) in [6, 6.07) is 12.2. The number of benzene rings is 2. The number of sulfonamides is 1. The van der Waals surface area contributed by atoms with E-state index >= 15 is 0 Å². The van der Waals surface area contributed by atoms with E-state index in [2.05, 4.69) is 4.72 Å². The molecule has 2 aromatic rings. The molecule has 7 nitrogen and oxygen atoms in total. The average molecular weight is 461 g/mol. The molecule has 32 heavy (non-hydrogen) atoms. The number of aryl methyl sites for hydroxylation is 1. The fraction of sp³-hybridized carbons (Fsp3) is 0.458. The number of carbonyl (C=O) groups is 1. The topological polar surface area (TPSA) is 84.9 Å². The van der Waals surface area contributed by atoms with Gasteiger partial charge < -0.3 is 14.4 Å². The Hall–Kier alpha value is -2.58. The van der Waals surface area contributed by atoms with Crippen LogP contribution in [-0.4, -0.2) is 53.1 Å². The first-order valence-electron chi connectivity index (χ1n) is 11.0. The van der Waals surface area contributed by atoms with Crippen LogP contribution < -0.4 is 14.2 Å². The lowest BCUT2D eigenvalue weighted by Crippen LogP contribution is -2.32. The molecule has 0 unspecified atom stereocenters. The van der Waals surface area contributed by atoms with Crippen molar-refractivity contribution in [3.05, 3.63) is 53.6 Å². The van der Waals surface area contributed by atoms with Crippen molar-refractivity contribution in [2.45, 2.75) is 43.4 Å². The molecule has 1 heterocycles. The number of nitrogens with one attached hydrogen (secondary N) is 1. The van der Waals surface area contributed by atoms with E-state index in [1.54, 1.807) is 18.1 Å². The fourth-order valence-electron chi connectivity index (χ4n) is 3.84. The summed E-state index contributed by atoms with van der Waals surface area (Å²) < 4.78 is 38.8. The number of carbonyl (C=O) groups excluding carboxylic acids is 1. The minimum atomic E-state index is -3.74. The summed E-state index contributed by atoms with van der Waals surface area (Å²) >= 11 is 0. The van der Waals surface area contributed by atoms with Gasteiger partial charge in [0.15, 0.2) is 0 Å². The Labute approximate surface area is 190 Å². The molecule has 0 saturated carbocycles. The second kappa shape index (κ2) is 11.3. The van der Waals surface area contributed by atoms with Crippen LogP contribution in [0.4, 0.5) is 0 Å². The van der Waals surface area contributed by atoms with E-state index in [0.29, 0.717) is 31.8 Å². The molecule has 8 heteroatoms. The number of rotatable bonds is 9. The number of methoxy groups -OCH3 is 2. The molecule has 3 rings (SSSR count). The highest BCUT2D eigenvalue weighted by Gasteiger charge is 2.24. The second-order valence-electron chi connectivity index (χ2n) is 7.92. The molecule has 1 saturated heterocycles. The predicted molar refractivity (Wildman–Crippen MR) is 124 cm³/mol. The predicted octanol–water partition coefficient (Wildman–Crippen LogP) is 3.63. The third-order valence-corrected chi connectivity index (χ3v) is 7.16. The van der Waals surface area contributed by atoms with Crippen molar-refractivity contribution in [3.63, 3.8) is 0 Å². The molecule has 0 aliphatic carbocycles. The van der Waals surface area contributed by atoms with Gasteiger partial charge in [0.1, 0.15) is 11.5 Å². The fourth-order valence-corrected chi connectivity index (χ4v) is 4.94. The number of likely N-dealkylation sites (tertiary alicyclic amines) is 1. The van der Waals surface area contributed by atoms with Crippen molar-refractivity contribution < 1.29 is 22.7 Å². The van der Waals surface area contributed by atoms with Gasteiger partial charge in [-0.3, -0.25) is 4.79 Å². The maximum Gasteiger partial charge on any atom is 0.257 e. The van der Waals surface area contributed by atoms with Crippen LogP contribution in [-0.2, 0) is 16.4 Å². The molecule has 1 amide bonds. The van der Waals surface area contributed by atoms with Crippen molar-refractivity contribution in [3.8, 4) is 11.5 Å². The minimum Gasteiger partial charge on any atom is -0.497 e. The van der Waals surface area contributed by atoms with E-state index < -0.39 is 10.0 Å². The van der Waals surface area contributed by atoms with Crippen LogP contribution in [0.25, 0.3) is 0 Å². The molecule has 1 N–H and O–H groups in total. The van der Waals surface area contributed by atoms with Gasteiger partial charge in [-0.15, -0.1) is 0 Å². The standard InChI is InChI=1S/C24H32N2O5S/c1-30-20-11-9-19(10-12-20)8-7-15-25-32(28,29)21-13-14-23(31-2)22(18-21)24(27)26-16-5-3-4-6-17-26/h9-14,18,25H,3-8,15-17H2,1-2H3. The van der Waals surface area contributed by atoms with E-state index in [-0.39, 0.29) is 16.4 Å². The van der Waals surface area contributed by atoms with Gasteiger partial charge in [-0.1, -0.05) is 25.0 Å². The first-order chi connectivity index (χ1) is 15.4. The van der Waals surface area contributed by atoms with Crippen LogP contribution >= 0.6 is 0 Å². The van der Waals surface area contributed by atoms with E-state index in [9.17, 15) is 13.2 Å². The van der Waals surface area contributed by atoms with E-state index in [1.807, 2.05) is 24.3 Å². The summed E-state index contributed by atoms with van der Waals surface area (Å²) in [5.74, 6) is 0.998. The summed E-state index contributed by atoms with van der Waals surface area (Å²) in [6.45, 7) is 1.67. The lowest BCUT2D eigenvalue weighted by Gasteiger charge is -2.22. The molecule has 0 radical (unpaired) electrons. The Bertz CT molecular complexity index is 998. The van der Waals surface area contributed by atoms with Gasteiger partial charge in [-0.25, -0.2) is 13.1 Å². The Morgan fingerprint density at radius 2 is 1.66 bits per heavy atom. The highest BCUT2D eigenvalue weighted by molar-refractivity contribution is 7.89. The molecular formula is C24H32N2O5S. The van der Waals surface area contributed by atoms with Crippen molar-refractivity contribution in [1.29, 1.82) is 0 Å². The van der Waals surface area contributed by atoms with Crippen molar-refractivity contribution in [2.75, 3.05) is 33.9 Å². The molecule has 1 aliphatic heterocycles. The molecule has 0 bridgehead atoms. The summed E-state index contributed by atoms with van der Waals surface area (Å²) in [5, 5.41) is 0. The smallest absolute Gasteiger partial charge is 0.257 e. The van der Waals surface area contributed by atoms with Crippen LogP contribution in [0, 0.1) is 0 Å². The number of ether oxygens (including phenoxy) is 2. The zero-order valence-electron chi connectivity index (χ0n) is 18.8. The number of hydrogen-bond acceptors (Lipinski definition) is 5. The first kappa shape index (κ1) is 24.1. The largest absolute Gasteiger partial charge is 0.497 e. The van der Waals surface area contributed by atoms with Crippen LogP contribution in [0.5, 0.6) is 11.5 Å². The Balaban J connectivity index is 1.65. The van der Waals surface area contributed by atoms with Crippen LogP contribution in [0.1, 0.15) is 48.0 Å². The summed E-state index contributed by atoms with van der Waals surface area (Å²) in [7, 11) is -0.633. The van der Waals surface area contributed by atoms with Gasteiger partial charge in [0.2, 0.25) is 10.0 Å². The molecule has 0 aromatic heterocycles. The molecule has 1 fully saturated rings. The summed E-state index contributed by atoms with van der Waals surface area (Å²) in [4.78, 5) is 15.0. The van der Waals surface area contributed by atoms with Gasteiger partial charge in [0.25, 0.3) is 5.91 Å². The zero-order valence-corrected chi connectivity index (χ0v) is 19.6. The zero-order chi connectivity index (χ0) is 23.0. The van der Waals surface area contributed by atoms with Crippen LogP contribution in [0.15, 0.2) is 47.4 Å². The first-order valence-corrected chi connectivity index (χ1v) is 12.5. The Morgan fingerprint density at radius 1 is 0.969 bits per heavy atom. The van der Waals surface area contributed by atoms with Crippen molar-refractivity contribution >= 4 is 15.9 Å². The van der Waals surface area contributed by atoms with Gasteiger partial charge in [-0.2, -0.15) is 0 Å². The third kappa shape index (κ3) is 6.23. The molecule has 1 aliphatic rings. The number of hydrogen-bond donors (Lipinski definition) is 1. The Morgan fingerprint density at radius 3 is 2.28 bits per heavy atom. The van der Waals surface area contributed by atoms with E-state index in [4.69, 9.17) is 9.47 Å². The highest BCUT2D eigenvalue weighted by atomic mass is 32.2. The van der Waals surface area contributed by atoms with Gasteiger partial charge in [-0.05, 0) is 61.6 Å². The number of amides is 1.